The molecule has 2 atom stereocenters. The molecule has 3 aromatic rings. The van der Waals surface area contributed by atoms with Gasteiger partial charge in [0, 0.05) is 18.5 Å². The molecular formula is C26H23N3O4. The predicted molar refractivity (Wildman–Crippen MR) is 121 cm³/mol. The molecule has 3 aromatic carbocycles. The third kappa shape index (κ3) is 3.29. The van der Waals surface area contributed by atoms with Crippen LogP contribution in [0.2, 0.25) is 0 Å². The first kappa shape index (κ1) is 20.9. The van der Waals surface area contributed by atoms with Crippen molar-refractivity contribution in [3.63, 3.8) is 0 Å². The second-order valence-electron chi connectivity index (χ2n) is 8.09. The van der Waals surface area contributed by atoms with Crippen molar-refractivity contribution in [1.29, 1.82) is 0 Å². The van der Waals surface area contributed by atoms with Crippen molar-refractivity contribution >= 4 is 17.7 Å². The average molecular weight is 441 g/mol. The number of fused-ring (bicyclic) bond motifs is 1. The first-order valence-corrected chi connectivity index (χ1v) is 10.8. The Labute approximate surface area is 191 Å². The Morgan fingerprint density at radius 1 is 0.939 bits per heavy atom. The molecule has 5 rings (SSSR count). The standard InChI is InChI=1S/C26H23N3O4/c1-33-21-14-12-18(13-15-21)23-26(20-10-6-3-7-11-20,25(32)29-22(30)16-17-28(23)29)27-24(31)19-8-4-2-5-9-19/h2-15,23H,16-17H2,1H3,(H,27,31). The third-order valence-electron chi connectivity index (χ3n) is 6.29. The summed E-state index contributed by atoms with van der Waals surface area (Å²) in [4.78, 5) is 40.2. The molecule has 0 aliphatic carbocycles. The molecule has 2 fully saturated rings. The normalized spacial score (nSPS) is 22.3. The Kier molecular flexibility index (Phi) is 5.18. The summed E-state index contributed by atoms with van der Waals surface area (Å²) in [5, 5.41) is 6.02. The lowest BCUT2D eigenvalue weighted by atomic mass is 9.79. The number of hydrazine groups is 1. The number of carbonyl (C=O) groups is 3. The highest BCUT2D eigenvalue weighted by molar-refractivity contribution is 6.07. The van der Waals surface area contributed by atoms with Gasteiger partial charge < -0.3 is 10.1 Å². The zero-order valence-corrected chi connectivity index (χ0v) is 18.1. The average Bonchev–Trinajstić information content (AvgIpc) is 3.36. The zero-order chi connectivity index (χ0) is 23.0. The van der Waals surface area contributed by atoms with Crippen LogP contribution in [0, 0.1) is 0 Å². The maximum absolute atomic E-state index is 14.0. The lowest BCUT2D eigenvalue weighted by Crippen LogP contribution is -2.55. The first-order valence-electron chi connectivity index (χ1n) is 10.8. The number of rotatable bonds is 5. The molecule has 0 spiro atoms. The largest absolute Gasteiger partial charge is 0.497 e. The molecule has 2 unspecified atom stereocenters. The number of amides is 3. The van der Waals surface area contributed by atoms with Gasteiger partial charge in [-0.15, -0.1) is 0 Å². The van der Waals surface area contributed by atoms with Gasteiger partial charge in [0.15, 0.2) is 5.54 Å². The summed E-state index contributed by atoms with van der Waals surface area (Å²) < 4.78 is 5.30. The van der Waals surface area contributed by atoms with Crippen LogP contribution in [0.25, 0.3) is 0 Å². The molecule has 3 amide bonds. The second-order valence-corrected chi connectivity index (χ2v) is 8.09. The molecule has 0 saturated carbocycles. The summed E-state index contributed by atoms with van der Waals surface area (Å²) in [6.07, 6.45) is 0.246. The van der Waals surface area contributed by atoms with E-state index in [1.807, 2.05) is 60.7 Å². The first-order chi connectivity index (χ1) is 16.1. The van der Waals surface area contributed by atoms with E-state index in [1.54, 1.807) is 36.4 Å². The highest BCUT2D eigenvalue weighted by atomic mass is 16.5. The van der Waals surface area contributed by atoms with Crippen LogP contribution in [0.1, 0.15) is 33.9 Å². The van der Waals surface area contributed by atoms with E-state index in [0.717, 1.165) is 5.56 Å². The summed E-state index contributed by atoms with van der Waals surface area (Å²) in [5.74, 6) is -0.441. The van der Waals surface area contributed by atoms with Crippen molar-refractivity contribution in [2.45, 2.75) is 18.0 Å². The molecule has 0 bridgehead atoms. The van der Waals surface area contributed by atoms with Crippen LogP contribution in [-0.4, -0.2) is 41.4 Å². The van der Waals surface area contributed by atoms with Crippen molar-refractivity contribution in [3.05, 3.63) is 102 Å². The maximum Gasteiger partial charge on any atom is 0.276 e. The van der Waals surface area contributed by atoms with E-state index in [0.29, 0.717) is 23.4 Å². The zero-order valence-electron chi connectivity index (χ0n) is 18.1. The summed E-state index contributed by atoms with van der Waals surface area (Å²) in [7, 11) is 1.59. The quantitative estimate of drug-likeness (QED) is 0.616. The molecule has 2 saturated heterocycles. The number of methoxy groups -OCH3 is 1. The van der Waals surface area contributed by atoms with Crippen LogP contribution in [-0.2, 0) is 15.1 Å². The number of imide groups is 1. The minimum atomic E-state index is -1.49. The second kappa shape index (κ2) is 8.18. The molecule has 0 radical (unpaired) electrons. The van der Waals surface area contributed by atoms with Crippen LogP contribution in [0.15, 0.2) is 84.9 Å². The van der Waals surface area contributed by atoms with Gasteiger partial charge in [0.1, 0.15) is 5.75 Å². The van der Waals surface area contributed by atoms with E-state index >= 15 is 0 Å². The highest BCUT2D eigenvalue weighted by Crippen LogP contribution is 2.49. The number of nitrogens with zero attached hydrogens (tertiary/aromatic N) is 2. The maximum atomic E-state index is 14.0. The summed E-state index contributed by atoms with van der Waals surface area (Å²) in [5.41, 5.74) is 0.349. The van der Waals surface area contributed by atoms with Crippen molar-refractivity contribution in [2.24, 2.45) is 0 Å². The molecule has 2 aliphatic heterocycles. The molecule has 33 heavy (non-hydrogen) atoms. The van der Waals surface area contributed by atoms with Gasteiger partial charge in [0.2, 0.25) is 5.91 Å². The number of benzene rings is 3. The van der Waals surface area contributed by atoms with Crippen LogP contribution in [0.3, 0.4) is 0 Å². The molecule has 2 aliphatic rings. The summed E-state index contributed by atoms with van der Waals surface area (Å²) >= 11 is 0. The van der Waals surface area contributed by atoms with Crippen molar-refractivity contribution in [2.75, 3.05) is 13.7 Å². The molecule has 1 N–H and O–H groups in total. The van der Waals surface area contributed by atoms with E-state index in [-0.39, 0.29) is 18.2 Å². The van der Waals surface area contributed by atoms with Gasteiger partial charge in [0.25, 0.3) is 11.8 Å². The minimum Gasteiger partial charge on any atom is -0.497 e. The Morgan fingerprint density at radius 3 is 2.21 bits per heavy atom. The molecular weight excluding hydrogens is 418 g/mol. The predicted octanol–water partition coefficient (Wildman–Crippen LogP) is 3.05. The molecule has 2 heterocycles. The fourth-order valence-corrected chi connectivity index (χ4v) is 4.77. The van der Waals surface area contributed by atoms with Gasteiger partial charge in [-0.05, 0) is 35.4 Å². The fraction of sp³-hybridized carbons (Fsp3) is 0.192. The van der Waals surface area contributed by atoms with E-state index < -0.39 is 17.5 Å². The lowest BCUT2D eigenvalue weighted by Gasteiger charge is -2.36. The number of carbonyl (C=O) groups excluding carboxylic acids is 3. The van der Waals surface area contributed by atoms with Gasteiger partial charge in [0.05, 0.1) is 13.2 Å². The third-order valence-corrected chi connectivity index (χ3v) is 6.29. The summed E-state index contributed by atoms with van der Waals surface area (Å²) in [6.45, 7) is 0.386. The number of hydrogen-bond donors (Lipinski definition) is 1. The number of ether oxygens (including phenoxy) is 1. The van der Waals surface area contributed by atoms with Gasteiger partial charge in [-0.2, -0.15) is 5.01 Å². The fourth-order valence-electron chi connectivity index (χ4n) is 4.77. The monoisotopic (exact) mass is 441 g/mol. The van der Waals surface area contributed by atoms with E-state index in [4.69, 9.17) is 4.74 Å². The van der Waals surface area contributed by atoms with Crippen LogP contribution in [0.4, 0.5) is 0 Å². The van der Waals surface area contributed by atoms with Gasteiger partial charge in [-0.25, -0.2) is 5.01 Å². The number of nitrogens with one attached hydrogen (secondary N) is 1. The molecule has 7 heteroatoms. The van der Waals surface area contributed by atoms with Gasteiger partial charge in [-0.1, -0.05) is 60.7 Å². The van der Waals surface area contributed by atoms with Crippen LogP contribution >= 0.6 is 0 Å². The highest BCUT2D eigenvalue weighted by Gasteiger charge is 2.64. The number of hydrogen-bond acceptors (Lipinski definition) is 5. The lowest BCUT2D eigenvalue weighted by molar-refractivity contribution is -0.150. The molecule has 0 aromatic heterocycles. The Hall–Kier alpha value is -3.97. The van der Waals surface area contributed by atoms with Gasteiger partial charge >= 0.3 is 0 Å². The van der Waals surface area contributed by atoms with Crippen molar-refractivity contribution in [1.82, 2.24) is 15.3 Å². The van der Waals surface area contributed by atoms with E-state index in [9.17, 15) is 14.4 Å². The topological polar surface area (TPSA) is 79.0 Å². The van der Waals surface area contributed by atoms with Crippen LogP contribution in [0.5, 0.6) is 5.75 Å². The van der Waals surface area contributed by atoms with E-state index in [1.165, 1.54) is 5.01 Å². The van der Waals surface area contributed by atoms with Gasteiger partial charge in [-0.3, -0.25) is 14.4 Å². The van der Waals surface area contributed by atoms with Crippen molar-refractivity contribution < 1.29 is 19.1 Å². The minimum absolute atomic E-state index is 0.246. The summed E-state index contributed by atoms with van der Waals surface area (Å²) in [6, 6.07) is 24.6. The SMILES string of the molecule is COc1ccc(C2N3CCC(=O)N3C(=O)C2(NC(=O)c2ccccc2)c2ccccc2)cc1. The van der Waals surface area contributed by atoms with Crippen molar-refractivity contribution in [3.8, 4) is 5.75 Å². The Bertz CT molecular complexity index is 1200. The molecule has 166 valence electrons. The smallest absolute Gasteiger partial charge is 0.276 e. The molecule has 7 nitrogen and oxygen atoms in total. The van der Waals surface area contributed by atoms with Crippen LogP contribution < -0.4 is 10.1 Å². The van der Waals surface area contributed by atoms with E-state index in [2.05, 4.69) is 5.32 Å². The Balaban J connectivity index is 1.71. The Morgan fingerprint density at radius 2 is 1.58 bits per heavy atom.